The molecule has 0 fully saturated rings. The molecule has 0 unspecified atom stereocenters. The summed E-state index contributed by atoms with van der Waals surface area (Å²) in [6, 6.07) is 21.7. The van der Waals surface area contributed by atoms with Gasteiger partial charge >= 0.3 is 5.97 Å². The van der Waals surface area contributed by atoms with Crippen LogP contribution in [0.3, 0.4) is 0 Å². The Morgan fingerprint density at radius 1 is 0.939 bits per heavy atom. The van der Waals surface area contributed by atoms with Crippen LogP contribution in [-0.2, 0) is 16.1 Å². The van der Waals surface area contributed by atoms with Gasteiger partial charge in [0.05, 0.1) is 24.4 Å². The molecular formula is C25H20Cl2N2O3S. The quantitative estimate of drug-likeness (QED) is 0.337. The summed E-state index contributed by atoms with van der Waals surface area (Å²) in [5.74, 6) is 0.238. The molecule has 168 valence electrons. The molecule has 1 aliphatic rings. The van der Waals surface area contributed by atoms with Crippen molar-refractivity contribution in [3.8, 4) is 5.75 Å². The van der Waals surface area contributed by atoms with Gasteiger partial charge in [0.15, 0.2) is 5.11 Å². The first-order chi connectivity index (χ1) is 15.9. The number of thiocarbonyl (C=S) groups is 1. The lowest BCUT2D eigenvalue weighted by Gasteiger charge is -2.31. The van der Waals surface area contributed by atoms with Gasteiger partial charge in [-0.25, -0.2) is 4.79 Å². The number of halogens is 2. The highest BCUT2D eigenvalue weighted by Crippen LogP contribution is 2.33. The minimum atomic E-state index is -0.498. The summed E-state index contributed by atoms with van der Waals surface area (Å²) in [7, 11) is 1.35. The van der Waals surface area contributed by atoms with Gasteiger partial charge in [-0.3, -0.25) is 0 Å². The number of esters is 1. The maximum atomic E-state index is 12.8. The zero-order chi connectivity index (χ0) is 23.4. The van der Waals surface area contributed by atoms with Gasteiger partial charge in [-0.05, 0) is 65.3 Å². The summed E-state index contributed by atoms with van der Waals surface area (Å²) in [6.07, 6.45) is 0. The topological polar surface area (TPSA) is 59.6 Å². The minimum absolute atomic E-state index is 0.403. The molecule has 0 saturated heterocycles. The smallest absolute Gasteiger partial charge is 0.338 e. The first-order valence-electron chi connectivity index (χ1n) is 10.1. The maximum Gasteiger partial charge on any atom is 0.338 e. The predicted molar refractivity (Wildman–Crippen MR) is 134 cm³/mol. The van der Waals surface area contributed by atoms with Crippen LogP contribution in [0.5, 0.6) is 5.75 Å². The SMILES string of the molecule is COC(=O)C1=C(c2ccc(Cl)cc2)NC(=S)N[C@@H]1c1ccc(OCc2ccc(Cl)cc2)cc1. The van der Waals surface area contributed by atoms with Crippen molar-refractivity contribution in [2.45, 2.75) is 12.6 Å². The van der Waals surface area contributed by atoms with Crippen molar-refractivity contribution in [3.05, 3.63) is 105 Å². The summed E-state index contributed by atoms with van der Waals surface area (Å²) < 4.78 is 11.0. The van der Waals surface area contributed by atoms with E-state index in [1.54, 1.807) is 12.1 Å². The third-order valence-corrected chi connectivity index (χ3v) is 5.87. The van der Waals surface area contributed by atoms with E-state index in [2.05, 4.69) is 10.6 Å². The Morgan fingerprint density at radius 2 is 1.55 bits per heavy atom. The van der Waals surface area contributed by atoms with Crippen molar-refractivity contribution in [3.63, 3.8) is 0 Å². The number of benzene rings is 3. The molecule has 1 aliphatic heterocycles. The Bertz CT molecular complexity index is 1190. The predicted octanol–water partition coefficient (Wildman–Crippen LogP) is 5.68. The van der Waals surface area contributed by atoms with Crippen LogP contribution in [0.15, 0.2) is 78.4 Å². The molecule has 0 spiro atoms. The molecule has 4 rings (SSSR count). The van der Waals surface area contributed by atoms with Gasteiger partial charge in [0.2, 0.25) is 0 Å². The van der Waals surface area contributed by atoms with Gasteiger partial charge in [-0.15, -0.1) is 0 Å². The van der Waals surface area contributed by atoms with Crippen LogP contribution in [-0.4, -0.2) is 18.2 Å². The van der Waals surface area contributed by atoms with Crippen molar-refractivity contribution in [2.24, 2.45) is 0 Å². The maximum absolute atomic E-state index is 12.8. The molecule has 0 aliphatic carbocycles. The largest absolute Gasteiger partial charge is 0.489 e. The van der Waals surface area contributed by atoms with E-state index < -0.39 is 12.0 Å². The Labute approximate surface area is 207 Å². The number of methoxy groups -OCH3 is 1. The van der Waals surface area contributed by atoms with Crippen LogP contribution < -0.4 is 15.4 Å². The second kappa shape index (κ2) is 10.3. The van der Waals surface area contributed by atoms with Crippen LogP contribution in [0.25, 0.3) is 5.70 Å². The lowest BCUT2D eigenvalue weighted by molar-refractivity contribution is -0.136. The van der Waals surface area contributed by atoms with E-state index in [0.717, 1.165) is 16.7 Å². The van der Waals surface area contributed by atoms with Crippen molar-refractivity contribution < 1.29 is 14.3 Å². The molecule has 0 amide bonds. The lowest BCUT2D eigenvalue weighted by atomic mass is 9.93. The van der Waals surface area contributed by atoms with E-state index in [1.165, 1.54) is 7.11 Å². The van der Waals surface area contributed by atoms with Gasteiger partial charge in [-0.2, -0.15) is 0 Å². The molecule has 1 heterocycles. The fourth-order valence-electron chi connectivity index (χ4n) is 3.49. The Hall–Kier alpha value is -3.06. The molecule has 0 radical (unpaired) electrons. The van der Waals surface area contributed by atoms with Gasteiger partial charge < -0.3 is 20.1 Å². The van der Waals surface area contributed by atoms with Crippen molar-refractivity contribution >= 4 is 52.2 Å². The van der Waals surface area contributed by atoms with E-state index in [1.807, 2.05) is 60.7 Å². The van der Waals surface area contributed by atoms with Crippen LogP contribution >= 0.6 is 35.4 Å². The molecule has 0 aromatic heterocycles. The average Bonchev–Trinajstić information content (AvgIpc) is 2.83. The molecule has 0 saturated carbocycles. The average molecular weight is 499 g/mol. The number of ether oxygens (including phenoxy) is 2. The van der Waals surface area contributed by atoms with E-state index in [-0.39, 0.29) is 0 Å². The normalized spacial score (nSPS) is 15.5. The first-order valence-corrected chi connectivity index (χ1v) is 11.2. The molecule has 3 aromatic rings. The zero-order valence-corrected chi connectivity index (χ0v) is 19.9. The van der Waals surface area contributed by atoms with Crippen LogP contribution in [0.1, 0.15) is 22.7 Å². The Morgan fingerprint density at radius 3 is 2.15 bits per heavy atom. The van der Waals surface area contributed by atoms with E-state index in [4.69, 9.17) is 44.9 Å². The summed E-state index contributed by atoms with van der Waals surface area (Å²) >= 11 is 17.4. The lowest BCUT2D eigenvalue weighted by Crippen LogP contribution is -2.45. The monoisotopic (exact) mass is 498 g/mol. The standard InChI is InChI=1S/C25H20Cl2N2O3S/c1-31-24(30)21-22(16-4-10-19(27)11-5-16)28-25(33)29-23(21)17-6-12-20(13-7-17)32-14-15-2-8-18(26)9-3-15/h2-13,23H,14H2,1H3,(H2,28,29,33)/t23-/m1/s1. The number of hydrogen-bond acceptors (Lipinski definition) is 4. The van der Waals surface area contributed by atoms with Gasteiger partial charge in [0, 0.05) is 10.0 Å². The second-order valence-electron chi connectivity index (χ2n) is 7.30. The summed E-state index contributed by atoms with van der Waals surface area (Å²) in [6.45, 7) is 0.417. The van der Waals surface area contributed by atoms with Crippen molar-refractivity contribution in [2.75, 3.05) is 7.11 Å². The number of hydrogen-bond donors (Lipinski definition) is 2. The van der Waals surface area contributed by atoms with Gasteiger partial charge in [0.1, 0.15) is 12.4 Å². The highest BCUT2D eigenvalue weighted by molar-refractivity contribution is 7.80. The molecule has 3 aromatic carbocycles. The highest BCUT2D eigenvalue weighted by Gasteiger charge is 2.32. The molecule has 33 heavy (non-hydrogen) atoms. The van der Waals surface area contributed by atoms with Crippen LogP contribution in [0.2, 0.25) is 10.0 Å². The Balaban J connectivity index is 1.62. The third kappa shape index (κ3) is 5.47. The number of carbonyl (C=O) groups excluding carboxylic acids is 1. The van der Waals surface area contributed by atoms with Crippen LogP contribution in [0.4, 0.5) is 0 Å². The minimum Gasteiger partial charge on any atom is -0.489 e. The fourth-order valence-corrected chi connectivity index (χ4v) is 3.96. The molecular weight excluding hydrogens is 479 g/mol. The summed E-state index contributed by atoms with van der Waals surface area (Å²) in [5.41, 5.74) is 3.62. The van der Waals surface area contributed by atoms with Crippen molar-refractivity contribution in [1.29, 1.82) is 0 Å². The molecule has 8 heteroatoms. The first kappa shape index (κ1) is 23.1. The summed E-state index contributed by atoms with van der Waals surface area (Å²) in [5, 5.41) is 7.95. The fraction of sp³-hybridized carbons (Fsp3) is 0.120. The number of rotatable bonds is 6. The Kier molecular flexibility index (Phi) is 7.18. The van der Waals surface area contributed by atoms with Gasteiger partial charge in [-0.1, -0.05) is 59.6 Å². The number of nitrogens with one attached hydrogen (secondary N) is 2. The third-order valence-electron chi connectivity index (χ3n) is 5.14. The van der Waals surface area contributed by atoms with E-state index in [0.29, 0.717) is 38.8 Å². The van der Waals surface area contributed by atoms with E-state index >= 15 is 0 Å². The van der Waals surface area contributed by atoms with E-state index in [9.17, 15) is 4.79 Å². The highest BCUT2D eigenvalue weighted by atomic mass is 35.5. The van der Waals surface area contributed by atoms with Crippen molar-refractivity contribution in [1.82, 2.24) is 10.6 Å². The van der Waals surface area contributed by atoms with Crippen LogP contribution in [0, 0.1) is 0 Å². The second-order valence-corrected chi connectivity index (χ2v) is 8.58. The molecule has 2 N–H and O–H groups in total. The number of carbonyl (C=O) groups is 1. The zero-order valence-electron chi connectivity index (χ0n) is 17.6. The van der Waals surface area contributed by atoms with Gasteiger partial charge in [0.25, 0.3) is 0 Å². The molecule has 5 nitrogen and oxygen atoms in total. The molecule has 0 bridgehead atoms. The molecule has 1 atom stereocenters. The summed E-state index contributed by atoms with van der Waals surface area (Å²) in [4.78, 5) is 12.8.